The Balaban J connectivity index is 1.69. The smallest absolute Gasteiger partial charge is 0.248 e. The van der Waals surface area contributed by atoms with Crippen LogP contribution in [0, 0.1) is 11.7 Å². The molecule has 1 fully saturated rings. The zero-order valence-corrected chi connectivity index (χ0v) is 18.7. The first kappa shape index (κ1) is 21.1. The largest absolute Gasteiger partial charge is 0.367 e. The summed E-state index contributed by atoms with van der Waals surface area (Å²) in [4.78, 5) is 21.3. The van der Waals surface area contributed by atoms with Gasteiger partial charge in [0.1, 0.15) is 5.82 Å². The highest BCUT2D eigenvalue weighted by molar-refractivity contribution is 5.95. The van der Waals surface area contributed by atoms with Gasteiger partial charge in [-0.3, -0.25) is 9.20 Å². The van der Waals surface area contributed by atoms with E-state index in [1.807, 2.05) is 22.7 Å². The molecule has 2 heterocycles. The zero-order valence-electron chi connectivity index (χ0n) is 18.7. The van der Waals surface area contributed by atoms with E-state index in [1.54, 1.807) is 30.5 Å². The first-order chi connectivity index (χ1) is 15.9. The van der Waals surface area contributed by atoms with Crippen molar-refractivity contribution in [2.24, 2.45) is 11.7 Å². The lowest BCUT2D eigenvalue weighted by atomic mass is 9.98. The maximum Gasteiger partial charge on any atom is 0.248 e. The van der Waals surface area contributed by atoms with E-state index in [1.165, 1.54) is 6.07 Å². The highest BCUT2D eigenvalue weighted by atomic mass is 19.1. The van der Waals surface area contributed by atoms with Gasteiger partial charge in [-0.15, -0.1) is 0 Å². The first-order valence-electron chi connectivity index (χ1n) is 11.2. The summed E-state index contributed by atoms with van der Waals surface area (Å²) in [6, 6.07) is 12.3. The van der Waals surface area contributed by atoms with Gasteiger partial charge in [-0.2, -0.15) is 0 Å². The lowest BCUT2D eigenvalue weighted by Crippen LogP contribution is -2.13. The van der Waals surface area contributed by atoms with E-state index in [0.29, 0.717) is 46.7 Å². The molecule has 1 amide bonds. The van der Waals surface area contributed by atoms with Crippen molar-refractivity contribution in [2.75, 3.05) is 11.9 Å². The summed E-state index contributed by atoms with van der Waals surface area (Å²) in [5, 5.41) is 3.37. The topological polar surface area (TPSA) is 85.3 Å². The minimum Gasteiger partial charge on any atom is -0.367 e. The van der Waals surface area contributed by atoms with Crippen molar-refractivity contribution in [1.82, 2.24) is 14.4 Å². The number of amides is 1. The Morgan fingerprint density at radius 1 is 1.24 bits per heavy atom. The average molecular weight is 444 g/mol. The number of nitrogens with one attached hydrogen (secondary N) is 1. The van der Waals surface area contributed by atoms with Crippen molar-refractivity contribution in [3.05, 3.63) is 71.8 Å². The maximum absolute atomic E-state index is 14.6. The van der Waals surface area contributed by atoms with Gasteiger partial charge in [-0.25, -0.2) is 14.4 Å². The van der Waals surface area contributed by atoms with Crippen LogP contribution in [-0.2, 0) is 0 Å². The van der Waals surface area contributed by atoms with Gasteiger partial charge in [0.15, 0.2) is 11.5 Å². The van der Waals surface area contributed by atoms with Gasteiger partial charge in [-0.1, -0.05) is 32.0 Å². The van der Waals surface area contributed by atoms with Gasteiger partial charge in [0, 0.05) is 29.4 Å². The second-order valence-corrected chi connectivity index (χ2v) is 9.01. The number of fused-ring (bicyclic) bond motifs is 1. The number of nitrogens with zero attached hydrogens (tertiary/aromatic N) is 3. The SMILES string of the molecule is CC(C)CNc1nc(-c2ccccc2F)cn2c(-c3ccc(C(N)=O)c(C4CC4)c3)cnc12. The molecule has 7 heteroatoms. The summed E-state index contributed by atoms with van der Waals surface area (Å²) in [6.45, 7) is 4.94. The molecule has 4 aromatic rings. The van der Waals surface area contributed by atoms with Gasteiger partial charge in [0.25, 0.3) is 0 Å². The van der Waals surface area contributed by atoms with E-state index < -0.39 is 5.91 Å². The van der Waals surface area contributed by atoms with Crippen molar-refractivity contribution in [3.8, 4) is 22.5 Å². The van der Waals surface area contributed by atoms with E-state index >= 15 is 0 Å². The number of hydrogen-bond acceptors (Lipinski definition) is 4. The Morgan fingerprint density at radius 2 is 2.03 bits per heavy atom. The number of halogens is 1. The van der Waals surface area contributed by atoms with Crippen LogP contribution in [0.1, 0.15) is 48.5 Å². The summed E-state index contributed by atoms with van der Waals surface area (Å²) >= 11 is 0. The zero-order chi connectivity index (χ0) is 23.1. The first-order valence-corrected chi connectivity index (χ1v) is 11.2. The number of carbonyl (C=O) groups excluding carboxylic acids is 1. The molecule has 33 heavy (non-hydrogen) atoms. The Labute approximate surface area is 191 Å². The molecule has 0 bridgehead atoms. The Kier molecular flexibility index (Phi) is 5.32. The number of carbonyl (C=O) groups is 1. The third-order valence-electron chi connectivity index (χ3n) is 5.95. The molecule has 2 aromatic carbocycles. The minimum absolute atomic E-state index is 0.331. The molecule has 1 aliphatic rings. The summed E-state index contributed by atoms with van der Waals surface area (Å²) in [5.41, 5.74) is 10.5. The van der Waals surface area contributed by atoms with Crippen LogP contribution in [0.4, 0.5) is 10.2 Å². The number of primary amides is 1. The van der Waals surface area contributed by atoms with Crippen molar-refractivity contribution in [2.45, 2.75) is 32.6 Å². The highest BCUT2D eigenvalue weighted by Gasteiger charge is 2.28. The molecule has 0 radical (unpaired) electrons. The van der Waals surface area contributed by atoms with Crippen LogP contribution in [0.15, 0.2) is 54.9 Å². The van der Waals surface area contributed by atoms with E-state index in [9.17, 15) is 9.18 Å². The van der Waals surface area contributed by atoms with Crippen molar-refractivity contribution in [1.29, 1.82) is 0 Å². The summed E-state index contributed by atoms with van der Waals surface area (Å²) in [5.74, 6) is 0.633. The molecule has 0 aliphatic heterocycles. The average Bonchev–Trinajstić information content (AvgIpc) is 3.56. The number of benzene rings is 2. The lowest BCUT2D eigenvalue weighted by molar-refractivity contribution is 0.0999. The van der Waals surface area contributed by atoms with Gasteiger partial charge in [0.2, 0.25) is 5.91 Å². The maximum atomic E-state index is 14.6. The number of hydrogen-bond donors (Lipinski definition) is 2. The number of aromatic nitrogens is 3. The van der Waals surface area contributed by atoms with Crippen LogP contribution in [0.2, 0.25) is 0 Å². The van der Waals surface area contributed by atoms with E-state index in [0.717, 1.165) is 29.7 Å². The third kappa shape index (κ3) is 4.06. The molecule has 6 nitrogen and oxygen atoms in total. The number of nitrogens with two attached hydrogens (primary N) is 1. The van der Waals surface area contributed by atoms with Crippen molar-refractivity contribution < 1.29 is 9.18 Å². The molecule has 1 aliphatic carbocycles. The Morgan fingerprint density at radius 3 is 2.73 bits per heavy atom. The molecule has 0 saturated heterocycles. The summed E-state index contributed by atoms with van der Waals surface area (Å²) in [6.07, 6.45) is 5.72. The monoisotopic (exact) mass is 443 g/mol. The Bertz CT molecular complexity index is 1360. The van der Waals surface area contributed by atoms with Crippen molar-refractivity contribution >= 4 is 17.4 Å². The summed E-state index contributed by atoms with van der Waals surface area (Å²) in [7, 11) is 0. The van der Waals surface area contributed by atoms with Crippen LogP contribution in [-0.4, -0.2) is 26.8 Å². The van der Waals surface area contributed by atoms with Crippen LogP contribution in [0.25, 0.3) is 28.2 Å². The van der Waals surface area contributed by atoms with E-state index in [2.05, 4.69) is 24.1 Å². The third-order valence-corrected chi connectivity index (χ3v) is 5.95. The predicted octanol–water partition coefficient (Wildman–Crippen LogP) is 5.25. The van der Waals surface area contributed by atoms with Crippen molar-refractivity contribution in [3.63, 3.8) is 0 Å². The highest BCUT2D eigenvalue weighted by Crippen LogP contribution is 2.43. The van der Waals surface area contributed by atoms with Gasteiger partial charge < -0.3 is 11.1 Å². The molecule has 0 unspecified atom stereocenters. The second-order valence-electron chi connectivity index (χ2n) is 9.01. The van der Waals surface area contributed by atoms with Gasteiger partial charge >= 0.3 is 0 Å². The van der Waals surface area contributed by atoms with Crippen LogP contribution >= 0.6 is 0 Å². The molecular formula is C26H26FN5O. The molecule has 2 aromatic heterocycles. The minimum atomic E-state index is -0.409. The van der Waals surface area contributed by atoms with Crippen LogP contribution < -0.4 is 11.1 Å². The fourth-order valence-corrected chi connectivity index (χ4v) is 4.10. The molecular weight excluding hydrogens is 417 g/mol. The lowest BCUT2D eigenvalue weighted by Gasteiger charge is -2.13. The summed E-state index contributed by atoms with van der Waals surface area (Å²) < 4.78 is 16.5. The number of rotatable bonds is 7. The molecule has 0 atom stereocenters. The normalized spacial score (nSPS) is 13.6. The van der Waals surface area contributed by atoms with E-state index in [4.69, 9.17) is 10.7 Å². The number of imidazole rings is 1. The van der Waals surface area contributed by atoms with Crippen LogP contribution in [0.3, 0.4) is 0 Å². The van der Waals surface area contributed by atoms with Gasteiger partial charge in [-0.05, 0) is 54.5 Å². The molecule has 168 valence electrons. The number of anilines is 1. The van der Waals surface area contributed by atoms with E-state index in [-0.39, 0.29) is 5.82 Å². The van der Waals surface area contributed by atoms with Gasteiger partial charge in [0.05, 0.1) is 17.6 Å². The second kappa shape index (κ2) is 8.31. The predicted molar refractivity (Wildman–Crippen MR) is 128 cm³/mol. The standard InChI is InChI=1S/C26H26FN5O/c1-15(2)12-29-25-26-30-13-23(17-9-10-18(24(28)33)20(11-17)16-7-8-16)32(26)14-22(31-25)19-5-3-4-6-21(19)27/h3-6,9-11,13-16H,7-8,12H2,1-2H3,(H2,28,33)(H,29,31). The molecule has 0 spiro atoms. The quantitative estimate of drug-likeness (QED) is 0.409. The fraction of sp³-hybridized carbons (Fsp3) is 0.269. The molecule has 3 N–H and O–H groups in total. The molecule has 5 rings (SSSR count). The molecule has 1 saturated carbocycles. The van der Waals surface area contributed by atoms with Crippen LogP contribution in [0.5, 0.6) is 0 Å². The fourth-order valence-electron chi connectivity index (χ4n) is 4.10. The Hall–Kier alpha value is -3.74.